The van der Waals surface area contributed by atoms with E-state index < -0.39 is 6.04 Å². The highest BCUT2D eigenvalue weighted by Gasteiger charge is 2.38. The first kappa shape index (κ1) is 16.0. The van der Waals surface area contributed by atoms with Gasteiger partial charge in [-0.05, 0) is 37.8 Å². The van der Waals surface area contributed by atoms with Crippen molar-refractivity contribution in [2.45, 2.75) is 70.5 Å². The topological polar surface area (TPSA) is 49.4 Å². The van der Waals surface area contributed by atoms with Crippen LogP contribution < -0.4 is 5.32 Å². The van der Waals surface area contributed by atoms with E-state index in [1.807, 2.05) is 38.1 Å². The molecule has 0 bridgehead atoms. The van der Waals surface area contributed by atoms with Gasteiger partial charge in [-0.2, -0.15) is 0 Å². The van der Waals surface area contributed by atoms with Crippen LogP contribution in [0.4, 0.5) is 0 Å². The van der Waals surface area contributed by atoms with Crippen LogP contribution in [0.5, 0.6) is 0 Å². The second kappa shape index (κ2) is 6.73. The van der Waals surface area contributed by atoms with Gasteiger partial charge in [0.1, 0.15) is 6.04 Å². The van der Waals surface area contributed by atoms with E-state index in [1.165, 1.54) is 19.3 Å². The fourth-order valence-electron chi connectivity index (χ4n) is 3.89. The van der Waals surface area contributed by atoms with Crippen LogP contribution in [0.25, 0.3) is 0 Å². The quantitative estimate of drug-likeness (QED) is 0.932. The van der Waals surface area contributed by atoms with Gasteiger partial charge in [0.05, 0.1) is 6.42 Å². The minimum absolute atomic E-state index is 0.0120. The number of carbonyl (C=O) groups is 2. The van der Waals surface area contributed by atoms with Crippen LogP contribution >= 0.6 is 0 Å². The number of carbonyl (C=O) groups excluding carboxylic acids is 2. The van der Waals surface area contributed by atoms with E-state index in [0.717, 1.165) is 24.0 Å². The molecule has 2 aliphatic rings. The molecule has 4 nitrogen and oxygen atoms in total. The van der Waals surface area contributed by atoms with Gasteiger partial charge in [0.15, 0.2) is 0 Å². The zero-order valence-corrected chi connectivity index (χ0v) is 14.0. The van der Waals surface area contributed by atoms with Gasteiger partial charge in [-0.1, -0.05) is 43.5 Å². The largest absolute Gasteiger partial charge is 0.351 e. The number of rotatable bonds is 3. The van der Waals surface area contributed by atoms with Gasteiger partial charge in [0.2, 0.25) is 11.8 Å². The third-order valence-corrected chi connectivity index (χ3v) is 5.01. The number of nitrogens with one attached hydrogen (secondary N) is 1. The summed E-state index contributed by atoms with van der Waals surface area (Å²) in [4.78, 5) is 27.3. The maximum atomic E-state index is 13.0. The molecular weight excluding hydrogens is 288 g/mol. The molecule has 0 spiro atoms. The van der Waals surface area contributed by atoms with Crippen molar-refractivity contribution >= 4 is 11.8 Å². The van der Waals surface area contributed by atoms with Gasteiger partial charge in [-0.25, -0.2) is 0 Å². The lowest BCUT2D eigenvalue weighted by atomic mass is 9.89. The van der Waals surface area contributed by atoms with Crippen LogP contribution in [0.3, 0.4) is 0 Å². The Bertz CT molecular complexity index is 591. The molecule has 2 amide bonds. The molecule has 1 aromatic carbocycles. The Labute approximate surface area is 138 Å². The first-order valence-electron chi connectivity index (χ1n) is 8.77. The number of benzene rings is 1. The maximum absolute atomic E-state index is 13.0. The molecule has 124 valence electrons. The molecule has 1 aliphatic carbocycles. The molecule has 0 aromatic heterocycles. The van der Waals surface area contributed by atoms with E-state index in [0.29, 0.717) is 6.42 Å². The van der Waals surface area contributed by atoms with E-state index in [1.54, 1.807) is 4.90 Å². The summed E-state index contributed by atoms with van der Waals surface area (Å²) in [6.45, 7) is 3.96. The Kier molecular flexibility index (Phi) is 4.69. The Morgan fingerprint density at radius 2 is 1.87 bits per heavy atom. The van der Waals surface area contributed by atoms with Gasteiger partial charge in [-0.3, -0.25) is 9.59 Å². The molecule has 1 saturated carbocycles. The Morgan fingerprint density at radius 3 is 2.57 bits per heavy atom. The zero-order chi connectivity index (χ0) is 16.4. The molecule has 4 heteroatoms. The highest BCUT2D eigenvalue weighted by Crippen LogP contribution is 2.32. The van der Waals surface area contributed by atoms with E-state index in [9.17, 15) is 9.59 Å². The van der Waals surface area contributed by atoms with Crippen molar-refractivity contribution in [2.75, 3.05) is 0 Å². The van der Waals surface area contributed by atoms with Gasteiger partial charge < -0.3 is 10.2 Å². The summed E-state index contributed by atoms with van der Waals surface area (Å²) in [6, 6.07) is 7.62. The van der Waals surface area contributed by atoms with E-state index in [2.05, 4.69) is 5.32 Å². The molecular formula is C19H26N2O2. The summed E-state index contributed by atoms with van der Waals surface area (Å²) in [7, 11) is 0. The minimum atomic E-state index is -0.491. The van der Waals surface area contributed by atoms with Crippen LogP contribution in [0, 0.1) is 0 Å². The Morgan fingerprint density at radius 1 is 1.17 bits per heavy atom. The monoisotopic (exact) mass is 314 g/mol. The molecule has 1 N–H and O–H groups in total. The summed E-state index contributed by atoms with van der Waals surface area (Å²) < 4.78 is 0. The second-order valence-electron chi connectivity index (χ2n) is 7.02. The smallest absolute Gasteiger partial charge is 0.247 e. The van der Waals surface area contributed by atoms with Gasteiger partial charge >= 0.3 is 0 Å². The van der Waals surface area contributed by atoms with Crippen molar-refractivity contribution < 1.29 is 9.59 Å². The highest BCUT2D eigenvalue weighted by molar-refractivity contribution is 5.92. The fourth-order valence-corrected chi connectivity index (χ4v) is 3.89. The van der Waals surface area contributed by atoms with Crippen LogP contribution in [-0.4, -0.2) is 28.8 Å². The number of amides is 2. The summed E-state index contributed by atoms with van der Waals surface area (Å²) in [5.74, 6) is 0.0218. The number of hydrogen-bond acceptors (Lipinski definition) is 2. The van der Waals surface area contributed by atoms with Gasteiger partial charge in [0, 0.05) is 12.1 Å². The van der Waals surface area contributed by atoms with Gasteiger partial charge in [0.25, 0.3) is 0 Å². The summed E-state index contributed by atoms with van der Waals surface area (Å²) >= 11 is 0. The van der Waals surface area contributed by atoms with Crippen LogP contribution in [0.1, 0.15) is 63.1 Å². The first-order chi connectivity index (χ1) is 11.1. The van der Waals surface area contributed by atoms with Crippen molar-refractivity contribution in [2.24, 2.45) is 0 Å². The summed E-state index contributed by atoms with van der Waals surface area (Å²) in [6.07, 6.45) is 6.11. The minimum Gasteiger partial charge on any atom is -0.351 e. The SMILES string of the molecule is CC(C)N1C(=O)Cc2ccccc2[C@H]1C(=O)NC1CCCCC1. The van der Waals surface area contributed by atoms with Gasteiger partial charge in [-0.15, -0.1) is 0 Å². The molecule has 1 aliphatic heterocycles. The molecule has 1 atom stereocenters. The van der Waals surface area contributed by atoms with Crippen LogP contribution in [0.15, 0.2) is 24.3 Å². The number of hydrogen-bond donors (Lipinski definition) is 1. The molecule has 1 fully saturated rings. The maximum Gasteiger partial charge on any atom is 0.247 e. The molecule has 0 saturated heterocycles. The molecule has 0 radical (unpaired) electrons. The van der Waals surface area contributed by atoms with Crippen molar-refractivity contribution in [3.8, 4) is 0 Å². The second-order valence-corrected chi connectivity index (χ2v) is 7.02. The predicted molar refractivity (Wildman–Crippen MR) is 89.9 cm³/mol. The van der Waals surface area contributed by atoms with Crippen LogP contribution in [0.2, 0.25) is 0 Å². The third-order valence-electron chi connectivity index (χ3n) is 5.01. The molecule has 23 heavy (non-hydrogen) atoms. The fraction of sp³-hybridized carbons (Fsp3) is 0.579. The van der Waals surface area contributed by atoms with Crippen molar-refractivity contribution in [3.05, 3.63) is 35.4 Å². The lowest BCUT2D eigenvalue weighted by molar-refractivity contribution is -0.144. The number of nitrogens with zero attached hydrogens (tertiary/aromatic N) is 1. The zero-order valence-electron chi connectivity index (χ0n) is 14.0. The van der Waals surface area contributed by atoms with E-state index in [4.69, 9.17) is 0 Å². The number of fused-ring (bicyclic) bond motifs is 1. The average molecular weight is 314 g/mol. The van der Waals surface area contributed by atoms with Crippen molar-refractivity contribution in [3.63, 3.8) is 0 Å². The third kappa shape index (κ3) is 3.26. The molecule has 1 heterocycles. The van der Waals surface area contributed by atoms with Crippen LogP contribution in [-0.2, 0) is 16.0 Å². The van der Waals surface area contributed by atoms with E-state index >= 15 is 0 Å². The van der Waals surface area contributed by atoms with Crippen molar-refractivity contribution in [1.82, 2.24) is 10.2 Å². The molecule has 3 rings (SSSR count). The lowest BCUT2D eigenvalue weighted by Gasteiger charge is -2.39. The Balaban J connectivity index is 1.88. The first-order valence-corrected chi connectivity index (χ1v) is 8.77. The Hall–Kier alpha value is -1.84. The average Bonchev–Trinajstić information content (AvgIpc) is 2.54. The normalized spacial score (nSPS) is 22.1. The molecule has 1 aromatic rings. The highest BCUT2D eigenvalue weighted by atomic mass is 16.2. The molecule has 0 unspecified atom stereocenters. The summed E-state index contributed by atoms with van der Waals surface area (Å²) in [5, 5.41) is 3.20. The van der Waals surface area contributed by atoms with E-state index in [-0.39, 0.29) is 23.9 Å². The summed E-state index contributed by atoms with van der Waals surface area (Å²) in [5.41, 5.74) is 1.97. The predicted octanol–water partition coefficient (Wildman–Crippen LogP) is 2.97. The van der Waals surface area contributed by atoms with Crippen molar-refractivity contribution in [1.29, 1.82) is 0 Å². The lowest BCUT2D eigenvalue weighted by Crippen LogP contribution is -2.52. The standard InChI is InChI=1S/C19H26N2O2/c1-13(2)21-17(22)12-14-8-6-7-11-16(14)18(21)19(23)20-15-9-4-3-5-10-15/h6-8,11,13,15,18H,3-5,9-10,12H2,1-2H3,(H,20,23)/t18-/m0/s1.